The number of nitrogens with two attached hydrogens (primary N) is 1. The van der Waals surface area contributed by atoms with Crippen molar-refractivity contribution in [3.63, 3.8) is 0 Å². The molecular weight excluding hydrogens is 188 g/mol. The first-order valence-corrected chi connectivity index (χ1v) is 4.64. The molecule has 0 aliphatic carbocycles. The summed E-state index contributed by atoms with van der Waals surface area (Å²) in [7, 11) is 0. The smallest absolute Gasteiger partial charge is 0.126 e. The quantitative estimate of drug-likeness (QED) is 0.569. The summed E-state index contributed by atoms with van der Waals surface area (Å²) in [5.74, 6) is 0.0506. The molecule has 15 heavy (non-hydrogen) atoms. The number of rotatable bonds is 2. The Morgan fingerprint density at radius 1 is 1.33 bits per heavy atom. The molecule has 0 aliphatic rings. The maximum atomic E-state index is 7.38. The lowest BCUT2D eigenvalue weighted by Gasteiger charge is -2.04. The first kappa shape index (κ1) is 9.45. The van der Waals surface area contributed by atoms with Gasteiger partial charge in [-0.3, -0.25) is 5.41 Å². The van der Waals surface area contributed by atoms with Crippen molar-refractivity contribution in [1.29, 1.82) is 5.41 Å². The van der Waals surface area contributed by atoms with Gasteiger partial charge in [0, 0.05) is 0 Å². The summed E-state index contributed by atoms with van der Waals surface area (Å²) in [5, 5.41) is 11.6. The summed E-state index contributed by atoms with van der Waals surface area (Å²) >= 11 is 0. The predicted octanol–water partition coefficient (Wildman–Crippen LogP) is 1.46. The molecule has 3 N–H and O–H groups in total. The van der Waals surface area contributed by atoms with Crippen LogP contribution in [-0.2, 0) is 0 Å². The third-order valence-electron chi connectivity index (χ3n) is 2.30. The number of hydrogen-bond acceptors (Lipinski definition) is 2. The van der Waals surface area contributed by atoms with Gasteiger partial charge in [-0.2, -0.15) is 5.10 Å². The number of para-hydroxylation sites is 1. The second kappa shape index (κ2) is 3.57. The van der Waals surface area contributed by atoms with Gasteiger partial charge in [-0.05, 0) is 19.1 Å². The Balaban J connectivity index is 2.52. The van der Waals surface area contributed by atoms with Crippen LogP contribution in [0.4, 0.5) is 0 Å². The summed E-state index contributed by atoms with van der Waals surface area (Å²) in [6.07, 6.45) is 1.62. The first-order valence-electron chi connectivity index (χ1n) is 4.64. The van der Waals surface area contributed by atoms with E-state index < -0.39 is 0 Å². The Labute approximate surface area is 87.9 Å². The number of nitrogens with one attached hydrogen (secondary N) is 1. The molecule has 0 bridgehead atoms. The molecule has 2 aromatic rings. The Morgan fingerprint density at radius 3 is 2.53 bits per heavy atom. The van der Waals surface area contributed by atoms with Gasteiger partial charge in [-0.1, -0.05) is 18.2 Å². The van der Waals surface area contributed by atoms with E-state index in [2.05, 4.69) is 5.10 Å². The Hall–Kier alpha value is -2.10. The van der Waals surface area contributed by atoms with Crippen molar-refractivity contribution < 1.29 is 0 Å². The van der Waals surface area contributed by atoms with Crippen LogP contribution in [0, 0.1) is 12.3 Å². The highest BCUT2D eigenvalue weighted by Crippen LogP contribution is 2.12. The maximum Gasteiger partial charge on any atom is 0.126 e. The number of nitrogen functional groups attached to an aromatic ring is 1. The largest absolute Gasteiger partial charge is 0.384 e. The van der Waals surface area contributed by atoms with Crippen LogP contribution in [0.15, 0.2) is 36.5 Å². The fourth-order valence-corrected chi connectivity index (χ4v) is 1.50. The van der Waals surface area contributed by atoms with E-state index >= 15 is 0 Å². The van der Waals surface area contributed by atoms with Crippen molar-refractivity contribution in [2.24, 2.45) is 5.73 Å². The molecular formula is C11H12N4. The molecule has 0 saturated carbocycles. The SMILES string of the molecule is Cc1c(C(=N)N)cnn1-c1ccccc1. The highest BCUT2D eigenvalue weighted by molar-refractivity contribution is 5.95. The second-order valence-electron chi connectivity index (χ2n) is 3.30. The zero-order valence-corrected chi connectivity index (χ0v) is 8.44. The van der Waals surface area contributed by atoms with E-state index in [9.17, 15) is 0 Å². The summed E-state index contributed by atoms with van der Waals surface area (Å²) in [5.41, 5.74) is 7.97. The summed E-state index contributed by atoms with van der Waals surface area (Å²) < 4.78 is 1.77. The maximum absolute atomic E-state index is 7.38. The summed E-state index contributed by atoms with van der Waals surface area (Å²) in [6.45, 7) is 1.90. The molecule has 1 aromatic heterocycles. The van der Waals surface area contributed by atoms with Gasteiger partial charge in [-0.25, -0.2) is 4.68 Å². The van der Waals surface area contributed by atoms with Crippen molar-refractivity contribution in [1.82, 2.24) is 9.78 Å². The lowest BCUT2D eigenvalue weighted by molar-refractivity contribution is 0.847. The summed E-state index contributed by atoms with van der Waals surface area (Å²) in [6, 6.07) is 9.77. The minimum Gasteiger partial charge on any atom is -0.384 e. The van der Waals surface area contributed by atoms with Gasteiger partial charge in [0.15, 0.2) is 0 Å². The fourth-order valence-electron chi connectivity index (χ4n) is 1.50. The monoisotopic (exact) mass is 200 g/mol. The van der Waals surface area contributed by atoms with Gasteiger partial charge in [0.2, 0.25) is 0 Å². The highest BCUT2D eigenvalue weighted by Gasteiger charge is 2.09. The lowest BCUT2D eigenvalue weighted by Crippen LogP contribution is -2.12. The van der Waals surface area contributed by atoms with Crippen LogP contribution in [0.3, 0.4) is 0 Å². The third kappa shape index (κ3) is 1.61. The number of nitrogens with zero attached hydrogens (tertiary/aromatic N) is 2. The highest BCUT2D eigenvalue weighted by atomic mass is 15.3. The van der Waals surface area contributed by atoms with E-state index in [4.69, 9.17) is 11.1 Å². The number of aromatic nitrogens is 2. The summed E-state index contributed by atoms with van der Waals surface area (Å²) in [4.78, 5) is 0. The molecule has 1 aromatic carbocycles. The molecule has 0 radical (unpaired) electrons. The normalized spacial score (nSPS) is 10.2. The van der Waals surface area contributed by atoms with Gasteiger partial charge in [0.1, 0.15) is 5.84 Å². The average Bonchev–Trinajstić information content (AvgIpc) is 2.61. The Morgan fingerprint density at radius 2 is 2.00 bits per heavy atom. The van der Waals surface area contributed by atoms with Gasteiger partial charge in [0.25, 0.3) is 0 Å². The van der Waals surface area contributed by atoms with Crippen LogP contribution >= 0.6 is 0 Å². The third-order valence-corrected chi connectivity index (χ3v) is 2.30. The number of benzene rings is 1. The molecule has 0 atom stereocenters. The lowest BCUT2D eigenvalue weighted by atomic mass is 10.2. The molecule has 0 amide bonds. The number of hydrogen-bond donors (Lipinski definition) is 2. The van der Waals surface area contributed by atoms with Crippen LogP contribution in [0.25, 0.3) is 5.69 Å². The van der Waals surface area contributed by atoms with Crippen LogP contribution in [-0.4, -0.2) is 15.6 Å². The molecule has 0 aliphatic heterocycles. The Bertz CT molecular complexity index is 485. The van der Waals surface area contributed by atoms with Gasteiger partial charge in [-0.15, -0.1) is 0 Å². The van der Waals surface area contributed by atoms with Crippen LogP contribution in [0.5, 0.6) is 0 Å². The van der Waals surface area contributed by atoms with Crippen LogP contribution in [0.1, 0.15) is 11.3 Å². The minimum absolute atomic E-state index is 0.0506. The van der Waals surface area contributed by atoms with Crippen LogP contribution < -0.4 is 5.73 Å². The van der Waals surface area contributed by atoms with E-state index in [1.807, 2.05) is 37.3 Å². The average molecular weight is 200 g/mol. The second-order valence-corrected chi connectivity index (χ2v) is 3.30. The van der Waals surface area contributed by atoms with Gasteiger partial charge < -0.3 is 5.73 Å². The molecule has 4 nitrogen and oxygen atoms in total. The van der Waals surface area contributed by atoms with Crippen molar-refractivity contribution in [2.45, 2.75) is 6.92 Å². The minimum atomic E-state index is 0.0506. The van der Waals surface area contributed by atoms with Crippen molar-refractivity contribution in [3.05, 3.63) is 47.8 Å². The van der Waals surface area contributed by atoms with E-state index in [1.54, 1.807) is 10.9 Å². The predicted molar refractivity (Wildman–Crippen MR) is 59.3 cm³/mol. The molecule has 0 spiro atoms. The zero-order chi connectivity index (χ0) is 10.8. The fraction of sp³-hybridized carbons (Fsp3) is 0.0909. The van der Waals surface area contributed by atoms with Gasteiger partial charge >= 0.3 is 0 Å². The van der Waals surface area contributed by atoms with E-state index in [1.165, 1.54) is 0 Å². The van der Waals surface area contributed by atoms with Gasteiger partial charge in [0.05, 0.1) is 23.1 Å². The standard InChI is InChI=1S/C11H12N4/c1-8-10(11(12)13)7-14-15(8)9-5-3-2-4-6-9/h2-7H,1H3,(H3,12,13). The number of amidine groups is 1. The van der Waals surface area contributed by atoms with Crippen molar-refractivity contribution in [2.75, 3.05) is 0 Å². The molecule has 0 fully saturated rings. The van der Waals surface area contributed by atoms with E-state index in [-0.39, 0.29) is 5.84 Å². The van der Waals surface area contributed by atoms with Crippen LogP contribution in [0.2, 0.25) is 0 Å². The van der Waals surface area contributed by atoms with Crippen molar-refractivity contribution in [3.8, 4) is 5.69 Å². The molecule has 0 unspecified atom stereocenters. The van der Waals surface area contributed by atoms with E-state index in [0.717, 1.165) is 11.4 Å². The molecule has 0 saturated heterocycles. The Kier molecular flexibility index (Phi) is 2.25. The molecule has 1 heterocycles. The zero-order valence-electron chi connectivity index (χ0n) is 8.44. The van der Waals surface area contributed by atoms with E-state index in [0.29, 0.717) is 5.56 Å². The molecule has 2 rings (SSSR count). The molecule has 76 valence electrons. The van der Waals surface area contributed by atoms with Crippen molar-refractivity contribution >= 4 is 5.84 Å². The topological polar surface area (TPSA) is 67.7 Å². The molecule has 4 heteroatoms. The first-order chi connectivity index (χ1) is 7.20.